The first-order chi connectivity index (χ1) is 14.1. The smallest absolute Gasteiger partial charge is 0.303 e. The summed E-state index contributed by atoms with van der Waals surface area (Å²) >= 11 is 0. The Labute approximate surface area is 177 Å². The molecule has 166 valence electrons. The fourth-order valence-corrected chi connectivity index (χ4v) is 3.64. The lowest BCUT2D eigenvalue weighted by Crippen LogP contribution is -2.29. The first-order valence-corrected chi connectivity index (χ1v) is 11.7. The van der Waals surface area contributed by atoms with Gasteiger partial charge < -0.3 is 14.9 Å². The summed E-state index contributed by atoms with van der Waals surface area (Å²) in [6.07, 6.45) is 13.6. The zero-order valence-corrected chi connectivity index (χ0v) is 18.4. The zero-order chi connectivity index (χ0) is 21.2. The van der Waals surface area contributed by atoms with Gasteiger partial charge in [-0.3, -0.25) is 4.79 Å². The highest BCUT2D eigenvalue weighted by Gasteiger charge is 2.19. The molecule has 0 spiro atoms. The fourth-order valence-electron chi connectivity index (χ4n) is 3.64. The molecule has 29 heavy (non-hydrogen) atoms. The van der Waals surface area contributed by atoms with Crippen molar-refractivity contribution in [3.63, 3.8) is 0 Å². The number of carboxylic acids is 1. The van der Waals surface area contributed by atoms with Gasteiger partial charge in [-0.1, -0.05) is 101 Å². The van der Waals surface area contributed by atoms with E-state index in [0.717, 1.165) is 63.4 Å². The molecule has 0 bridgehead atoms. The lowest BCUT2D eigenvalue weighted by atomic mass is 9.99. The number of ether oxygens (including phenoxy) is 1. The van der Waals surface area contributed by atoms with Gasteiger partial charge in [-0.2, -0.15) is 0 Å². The Morgan fingerprint density at radius 2 is 1.45 bits per heavy atom. The Morgan fingerprint density at radius 1 is 0.862 bits per heavy atom. The summed E-state index contributed by atoms with van der Waals surface area (Å²) in [5.41, 5.74) is 1.15. The van der Waals surface area contributed by atoms with Gasteiger partial charge in [0.1, 0.15) is 0 Å². The van der Waals surface area contributed by atoms with Crippen molar-refractivity contribution in [2.24, 2.45) is 0 Å². The third kappa shape index (κ3) is 14.3. The number of aliphatic hydroxyl groups excluding tert-OH is 1. The van der Waals surface area contributed by atoms with E-state index >= 15 is 0 Å². The molecule has 0 amide bonds. The molecule has 2 atom stereocenters. The van der Waals surface area contributed by atoms with Crippen LogP contribution in [0.5, 0.6) is 0 Å². The Morgan fingerprint density at radius 3 is 2.10 bits per heavy atom. The maximum Gasteiger partial charge on any atom is 0.303 e. The lowest BCUT2D eigenvalue weighted by molar-refractivity contribution is -0.137. The highest BCUT2D eigenvalue weighted by molar-refractivity contribution is 5.66. The molecule has 1 rings (SSSR count). The predicted octanol–water partition coefficient (Wildman–Crippen LogP) is 6.50. The van der Waals surface area contributed by atoms with Gasteiger partial charge in [0.05, 0.1) is 18.8 Å². The van der Waals surface area contributed by atoms with Gasteiger partial charge in [0.15, 0.2) is 0 Å². The number of hydrogen-bond acceptors (Lipinski definition) is 3. The van der Waals surface area contributed by atoms with Crippen molar-refractivity contribution in [3.8, 4) is 0 Å². The Bertz CT molecular complexity index is 503. The third-order valence-electron chi connectivity index (χ3n) is 5.47. The maximum atomic E-state index is 10.7. The quantitative estimate of drug-likeness (QED) is 0.257. The molecular weight excluding hydrogens is 364 g/mol. The molecular formula is C25H42O4. The summed E-state index contributed by atoms with van der Waals surface area (Å²) < 4.78 is 6.12. The van der Waals surface area contributed by atoms with E-state index in [1.165, 1.54) is 25.7 Å². The average molecular weight is 407 g/mol. The van der Waals surface area contributed by atoms with Gasteiger partial charge in [-0.05, 0) is 24.8 Å². The van der Waals surface area contributed by atoms with Crippen molar-refractivity contribution in [2.45, 2.75) is 116 Å². The SMILES string of the molecule is CCCCCCCC(OCc1ccccc1)C(O)CCCCCCCCC(=O)O. The number of benzene rings is 1. The average Bonchev–Trinajstić information content (AvgIpc) is 2.72. The third-order valence-corrected chi connectivity index (χ3v) is 5.47. The summed E-state index contributed by atoms with van der Waals surface area (Å²) in [7, 11) is 0. The molecule has 0 aliphatic carbocycles. The van der Waals surface area contributed by atoms with Gasteiger partial charge in [-0.25, -0.2) is 0 Å². The molecule has 2 unspecified atom stereocenters. The van der Waals surface area contributed by atoms with Gasteiger partial charge >= 0.3 is 5.97 Å². The molecule has 0 aliphatic heterocycles. The van der Waals surface area contributed by atoms with Gasteiger partial charge in [0.2, 0.25) is 0 Å². The number of aliphatic hydroxyl groups is 1. The minimum atomic E-state index is -0.704. The van der Waals surface area contributed by atoms with E-state index in [0.29, 0.717) is 6.61 Å². The monoisotopic (exact) mass is 406 g/mol. The minimum Gasteiger partial charge on any atom is -0.481 e. The summed E-state index contributed by atoms with van der Waals surface area (Å²) in [6, 6.07) is 10.2. The van der Waals surface area contributed by atoms with Crippen LogP contribution in [0.25, 0.3) is 0 Å². The molecule has 2 N–H and O–H groups in total. The van der Waals surface area contributed by atoms with Crippen LogP contribution in [0.15, 0.2) is 30.3 Å². The van der Waals surface area contributed by atoms with Crippen LogP contribution in [0.1, 0.15) is 102 Å². The standard InChI is InChI=1S/C25H42O4/c1-2-3-4-7-14-19-24(29-21-22-16-11-10-12-17-22)23(26)18-13-8-5-6-9-15-20-25(27)28/h10-12,16-17,23-24,26H,2-9,13-15,18-21H2,1H3,(H,27,28). The molecule has 0 radical (unpaired) electrons. The lowest BCUT2D eigenvalue weighted by Gasteiger charge is -2.24. The normalized spacial score (nSPS) is 13.3. The van der Waals surface area contributed by atoms with E-state index in [9.17, 15) is 9.90 Å². The number of rotatable bonds is 19. The highest BCUT2D eigenvalue weighted by Crippen LogP contribution is 2.19. The van der Waals surface area contributed by atoms with E-state index < -0.39 is 12.1 Å². The fraction of sp³-hybridized carbons (Fsp3) is 0.720. The molecule has 1 aromatic rings. The van der Waals surface area contributed by atoms with E-state index in [1.54, 1.807) is 0 Å². The van der Waals surface area contributed by atoms with Crippen LogP contribution in [0.3, 0.4) is 0 Å². The molecule has 0 saturated carbocycles. The summed E-state index contributed by atoms with van der Waals surface area (Å²) in [5.74, 6) is -0.704. The summed E-state index contributed by atoms with van der Waals surface area (Å²) in [4.78, 5) is 10.5. The Kier molecular flexibility index (Phi) is 15.4. The van der Waals surface area contributed by atoms with Crippen LogP contribution < -0.4 is 0 Å². The molecule has 0 heterocycles. The van der Waals surface area contributed by atoms with E-state index in [4.69, 9.17) is 9.84 Å². The second-order valence-corrected chi connectivity index (χ2v) is 8.16. The molecule has 0 aromatic heterocycles. The maximum absolute atomic E-state index is 10.7. The largest absolute Gasteiger partial charge is 0.481 e. The van der Waals surface area contributed by atoms with Crippen LogP contribution in [0.2, 0.25) is 0 Å². The number of carboxylic acid groups (broad SMARTS) is 1. The van der Waals surface area contributed by atoms with Crippen molar-refractivity contribution in [3.05, 3.63) is 35.9 Å². The van der Waals surface area contributed by atoms with E-state index in [1.807, 2.05) is 18.2 Å². The van der Waals surface area contributed by atoms with Crippen molar-refractivity contribution < 1.29 is 19.7 Å². The van der Waals surface area contributed by atoms with Crippen LogP contribution in [-0.2, 0) is 16.1 Å². The summed E-state index contributed by atoms with van der Waals surface area (Å²) in [6.45, 7) is 2.78. The molecule has 4 heteroatoms. The molecule has 1 aromatic carbocycles. The van der Waals surface area contributed by atoms with Crippen LogP contribution in [-0.4, -0.2) is 28.4 Å². The van der Waals surface area contributed by atoms with Gasteiger partial charge in [-0.15, -0.1) is 0 Å². The molecule has 0 fully saturated rings. The Hall–Kier alpha value is -1.39. The first-order valence-electron chi connectivity index (χ1n) is 11.7. The molecule has 0 aliphatic rings. The highest BCUT2D eigenvalue weighted by atomic mass is 16.5. The van der Waals surface area contributed by atoms with Crippen LogP contribution in [0.4, 0.5) is 0 Å². The first kappa shape index (κ1) is 25.6. The zero-order valence-electron chi connectivity index (χ0n) is 18.4. The van der Waals surface area contributed by atoms with Gasteiger partial charge in [0, 0.05) is 6.42 Å². The number of carbonyl (C=O) groups is 1. The summed E-state index contributed by atoms with van der Waals surface area (Å²) in [5, 5.41) is 19.3. The van der Waals surface area contributed by atoms with Crippen molar-refractivity contribution in [2.75, 3.05) is 0 Å². The van der Waals surface area contributed by atoms with E-state index in [2.05, 4.69) is 19.1 Å². The second-order valence-electron chi connectivity index (χ2n) is 8.16. The topological polar surface area (TPSA) is 66.8 Å². The molecule has 0 saturated heterocycles. The van der Waals surface area contributed by atoms with Crippen molar-refractivity contribution >= 4 is 5.97 Å². The van der Waals surface area contributed by atoms with Crippen molar-refractivity contribution in [1.29, 1.82) is 0 Å². The predicted molar refractivity (Wildman–Crippen MR) is 119 cm³/mol. The number of unbranched alkanes of at least 4 members (excludes halogenated alkanes) is 9. The Balaban J connectivity index is 2.27. The van der Waals surface area contributed by atoms with Crippen molar-refractivity contribution in [1.82, 2.24) is 0 Å². The minimum absolute atomic E-state index is 0.0904. The number of hydrogen-bond donors (Lipinski definition) is 2. The molecule has 4 nitrogen and oxygen atoms in total. The number of aliphatic carboxylic acids is 1. The second kappa shape index (κ2) is 17.5. The van der Waals surface area contributed by atoms with Crippen LogP contribution >= 0.6 is 0 Å². The van der Waals surface area contributed by atoms with Crippen LogP contribution in [0, 0.1) is 0 Å². The van der Waals surface area contributed by atoms with Gasteiger partial charge in [0.25, 0.3) is 0 Å². The van der Waals surface area contributed by atoms with E-state index in [-0.39, 0.29) is 12.5 Å².